The monoisotopic (exact) mass is 246 g/mol. The van der Waals surface area contributed by atoms with Crippen LogP contribution in [0.5, 0.6) is 0 Å². The van der Waals surface area contributed by atoms with Gasteiger partial charge in [-0.1, -0.05) is 32.8 Å². The minimum atomic E-state index is 0.590. The molecule has 2 rings (SSSR count). The summed E-state index contributed by atoms with van der Waals surface area (Å²) in [5.74, 6) is 0. The highest BCUT2D eigenvalue weighted by molar-refractivity contribution is 5.59. The van der Waals surface area contributed by atoms with Gasteiger partial charge >= 0.3 is 0 Å². The van der Waals surface area contributed by atoms with Crippen LogP contribution in [0.1, 0.15) is 45.1 Å². The molecule has 0 bridgehead atoms. The standard InChI is InChI=1S/C16H26N2/c1-4-16(5-2)8-10-18(11-9-16)14-7-6-13(3)15(17)12-14/h6-7,12H,4-5,8-11,17H2,1-3H3. The maximum absolute atomic E-state index is 6.01. The molecule has 0 radical (unpaired) electrons. The van der Waals surface area contributed by atoms with E-state index in [1.807, 2.05) is 0 Å². The number of aryl methyl sites for hydroxylation is 1. The van der Waals surface area contributed by atoms with Crippen molar-refractivity contribution in [2.24, 2.45) is 5.41 Å². The van der Waals surface area contributed by atoms with Crippen LogP contribution in [0.4, 0.5) is 11.4 Å². The molecule has 1 saturated heterocycles. The molecule has 18 heavy (non-hydrogen) atoms. The van der Waals surface area contributed by atoms with Gasteiger partial charge in [0.05, 0.1) is 0 Å². The maximum Gasteiger partial charge on any atom is 0.0387 e. The Kier molecular flexibility index (Phi) is 3.84. The van der Waals surface area contributed by atoms with Gasteiger partial charge in [0, 0.05) is 24.5 Å². The van der Waals surface area contributed by atoms with Crippen LogP contribution in [0.2, 0.25) is 0 Å². The maximum atomic E-state index is 6.01. The summed E-state index contributed by atoms with van der Waals surface area (Å²) < 4.78 is 0. The van der Waals surface area contributed by atoms with Crippen molar-refractivity contribution < 1.29 is 0 Å². The third kappa shape index (κ3) is 2.47. The van der Waals surface area contributed by atoms with E-state index in [9.17, 15) is 0 Å². The van der Waals surface area contributed by atoms with E-state index >= 15 is 0 Å². The van der Waals surface area contributed by atoms with Crippen LogP contribution in [-0.2, 0) is 0 Å². The minimum absolute atomic E-state index is 0.590. The van der Waals surface area contributed by atoms with Crippen molar-refractivity contribution in [2.45, 2.75) is 46.5 Å². The Morgan fingerprint density at radius 3 is 2.28 bits per heavy atom. The fourth-order valence-electron chi connectivity index (χ4n) is 3.02. The van der Waals surface area contributed by atoms with Crippen molar-refractivity contribution in [3.63, 3.8) is 0 Å². The molecule has 0 atom stereocenters. The number of rotatable bonds is 3. The van der Waals surface area contributed by atoms with Gasteiger partial charge < -0.3 is 10.6 Å². The highest BCUT2D eigenvalue weighted by atomic mass is 15.1. The zero-order chi connectivity index (χ0) is 13.2. The first-order chi connectivity index (χ1) is 8.60. The van der Waals surface area contributed by atoms with Crippen LogP contribution < -0.4 is 10.6 Å². The summed E-state index contributed by atoms with van der Waals surface area (Å²) in [5, 5.41) is 0. The van der Waals surface area contributed by atoms with E-state index in [-0.39, 0.29) is 0 Å². The first-order valence-corrected chi connectivity index (χ1v) is 7.21. The van der Waals surface area contributed by atoms with E-state index in [2.05, 4.69) is 43.9 Å². The Morgan fingerprint density at radius 1 is 1.17 bits per heavy atom. The van der Waals surface area contributed by atoms with Crippen molar-refractivity contribution in [2.75, 3.05) is 23.7 Å². The fraction of sp³-hybridized carbons (Fsp3) is 0.625. The molecule has 0 aliphatic carbocycles. The molecule has 1 heterocycles. The molecule has 2 N–H and O–H groups in total. The van der Waals surface area contributed by atoms with Gasteiger partial charge in [0.2, 0.25) is 0 Å². The Balaban J connectivity index is 2.07. The van der Waals surface area contributed by atoms with Crippen LogP contribution in [0.3, 0.4) is 0 Å². The van der Waals surface area contributed by atoms with Crippen LogP contribution >= 0.6 is 0 Å². The summed E-state index contributed by atoms with van der Waals surface area (Å²) in [6.07, 6.45) is 5.25. The highest BCUT2D eigenvalue weighted by Crippen LogP contribution is 2.39. The Hall–Kier alpha value is -1.18. The number of hydrogen-bond acceptors (Lipinski definition) is 2. The van der Waals surface area contributed by atoms with Gasteiger partial charge in [0.1, 0.15) is 0 Å². The van der Waals surface area contributed by atoms with Crippen molar-refractivity contribution >= 4 is 11.4 Å². The number of nitrogens with two attached hydrogens (primary N) is 1. The quantitative estimate of drug-likeness (QED) is 0.817. The smallest absolute Gasteiger partial charge is 0.0387 e. The van der Waals surface area contributed by atoms with Gasteiger partial charge in [-0.3, -0.25) is 0 Å². The lowest BCUT2D eigenvalue weighted by molar-refractivity contribution is 0.199. The van der Waals surface area contributed by atoms with Crippen molar-refractivity contribution in [1.82, 2.24) is 0 Å². The second-order valence-electron chi connectivity index (χ2n) is 5.74. The first-order valence-electron chi connectivity index (χ1n) is 7.21. The highest BCUT2D eigenvalue weighted by Gasteiger charge is 2.31. The number of anilines is 2. The lowest BCUT2D eigenvalue weighted by atomic mass is 9.74. The summed E-state index contributed by atoms with van der Waals surface area (Å²) in [7, 11) is 0. The van der Waals surface area contributed by atoms with Gasteiger partial charge in [-0.25, -0.2) is 0 Å². The lowest BCUT2D eigenvalue weighted by Gasteiger charge is -2.42. The van der Waals surface area contributed by atoms with E-state index in [0.29, 0.717) is 5.41 Å². The van der Waals surface area contributed by atoms with Crippen LogP contribution in [0.25, 0.3) is 0 Å². The number of piperidine rings is 1. The van der Waals surface area contributed by atoms with E-state index < -0.39 is 0 Å². The summed E-state index contributed by atoms with van der Waals surface area (Å²) in [6, 6.07) is 6.46. The van der Waals surface area contributed by atoms with Crippen LogP contribution in [0.15, 0.2) is 18.2 Å². The third-order valence-corrected chi connectivity index (χ3v) is 4.95. The molecule has 0 aromatic heterocycles. The number of hydrogen-bond donors (Lipinski definition) is 1. The van der Waals surface area contributed by atoms with E-state index in [1.54, 1.807) is 0 Å². The van der Waals surface area contributed by atoms with Crippen molar-refractivity contribution in [1.29, 1.82) is 0 Å². The molecule has 0 unspecified atom stereocenters. The minimum Gasteiger partial charge on any atom is -0.398 e. The average Bonchev–Trinajstić information content (AvgIpc) is 2.42. The van der Waals surface area contributed by atoms with Crippen LogP contribution in [0, 0.1) is 12.3 Å². The molecule has 1 aromatic carbocycles. The zero-order valence-corrected chi connectivity index (χ0v) is 12.0. The van der Waals surface area contributed by atoms with Gasteiger partial charge in [0.15, 0.2) is 0 Å². The summed E-state index contributed by atoms with van der Waals surface area (Å²) in [6.45, 7) is 9.08. The Morgan fingerprint density at radius 2 is 1.78 bits per heavy atom. The largest absolute Gasteiger partial charge is 0.398 e. The molecule has 0 saturated carbocycles. The topological polar surface area (TPSA) is 29.3 Å². The molecule has 1 fully saturated rings. The van der Waals surface area contributed by atoms with Gasteiger partial charge in [-0.15, -0.1) is 0 Å². The van der Waals surface area contributed by atoms with Gasteiger partial charge in [-0.2, -0.15) is 0 Å². The molecular formula is C16H26N2. The second-order valence-corrected chi connectivity index (χ2v) is 5.74. The van der Waals surface area contributed by atoms with E-state index in [4.69, 9.17) is 5.73 Å². The molecule has 2 nitrogen and oxygen atoms in total. The van der Waals surface area contributed by atoms with Crippen molar-refractivity contribution in [3.05, 3.63) is 23.8 Å². The molecule has 1 aromatic rings. The molecule has 100 valence electrons. The predicted octanol–water partition coefficient (Wildman–Crippen LogP) is 3.98. The summed E-state index contributed by atoms with van der Waals surface area (Å²) in [5.41, 5.74) is 9.97. The molecule has 1 aliphatic heterocycles. The normalized spacial score (nSPS) is 18.9. The number of nitrogens with zero attached hydrogens (tertiary/aromatic N) is 1. The Labute approximate surface area is 111 Å². The average molecular weight is 246 g/mol. The molecule has 1 aliphatic rings. The number of nitrogen functional groups attached to an aromatic ring is 1. The lowest BCUT2D eigenvalue weighted by Crippen LogP contribution is -2.39. The summed E-state index contributed by atoms with van der Waals surface area (Å²) in [4.78, 5) is 2.49. The van der Waals surface area contributed by atoms with Gasteiger partial charge in [0.25, 0.3) is 0 Å². The van der Waals surface area contributed by atoms with Crippen LogP contribution in [-0.4, -0.2) is 13.1 Å². The molecule has 0 amide bonds. The van der Waals surface area contributed by atoms with E-state index in [0.717, 1.165) is 5.69 Å². The molecule has 2 heteroatoms. The molecule has 0 spiro atoms. The first kappa shape index (κ1) is 13.3. The van der Waals surface area contributed by atoms with Crippen molar-refractivity contribution in [3.8, 4) is 0 Å². The fourth-order valence-corrected chi connectivity index (χ4v) is 3.02. The second kappa shape index (κ2) is 5.21. The van der Waals surface area contributed by atoms with Gasteiger partial charge in [-0.05, 0) is 42.9 Å². The zero-order valence-electron chi connectivity index (χ0n) is 12.0. The number of benzene rings is 1. The van der Waals surface area contributed by atoms with E-state index in [1.165, 1.54) is 50.0 Å². The summed E-state index contributed by atoms with van der Waals surface area (Å²) >= 11 is 0. The SMILES string of the molecule is CCC1(CC)CCN(c2ccc(C)c(N)c2)CC1. The predicted molar refractivity (Wildman–Crippen MR) is 80.1 cm³/mol. The Bertz CT molecular complexity index is 398. The third-order valence-electron chi connectivity index (χ3n) is 4.95. The molecular weight excluding hydrogens is 220 g/mol.